The Morgan fingerprint density at radius 1 is 1.50 bits per heavy atom. The molecule has 0 bridgehead atoms. The van der Waals surface area contributed by atoms with E-state index in [0.29, 0.717) is 10.0 Å². The van der Waals surface area contributed by atoms with Gasteiger partial charge in [0.05, 0.1) is 11.4 Å². The molecule has 0 saturated heterocycles. The Hall–Kier alpha value is -1.34. The molecule has 0 radical (unpaired) electrons. The predicted octanol–water partition coefficient (Wildman–Crippen LogP) is 1.09. The van der Waals surface area contributed by atoms with Crippen molar-refractivity contribution in [2.45, 2.75) is 13.0 Å². The molecule has 2 rings (SSSR count). The Kier molecular flexibility index (Phi) is 4.38. The van der Waals surface area contributed by atoms with E-state index in [0.717, 1.165) is 12.3 Å². The highest BCUT2D eigenvalue weighted by molar-refractivity contribution is 8.14. The minimum atomic E-state index is -0.580. The molecular weight excluding hydrogens is 270 g/mol. The van der Waals surface area contributed by atoms with Crippen LogP contribution < -0.4 is 10.6 Å². The van der Waals surface area contributed by atoms with Crippen molar-refractivity contribution in [1.29, 1.82) is 0 Å². The molecular formula is C11H13N3O2S2. The first-order valence-corrected chi connectivity index (χ1v) is 7.36. The number of nitrogens with one attached hydrogen (secondary N) is 2. The first kappa shape index (κ1) is 13.1. The van der Waals surface area contributed by atoms with E-state index in [1.54, 1.807) is 19.1 Å². The molecule has 0 spiro atoms. The zero-order chi connectivity index (χ0) is 13.0. The lowest BCUT2D eigenvalue weighted by Crippen LogP contribution is -2.45. The fraction of sp³-hybridized carbons (Fsp3) is 0.364. The summed E-state index contributed by atoms with van der Waals surface area (Å²) < 4.78 is 0. The summed E-state index contributed by atoms with van der Waals surface area (Å²) in [4.78, 5) is 28.3. The maximum Gasteiger partial charge on any atom is 0.261 e. The molecule has 5 nitrogen and oxygen atoms in total. The SMILES string of the molecule is C[C@@H](NC(=O)c1cccs1)C(=O)NC1=NCCS1. The summed E-state index contributed by atoms with van der Waals surface area (Å²) in [7, 11) is 0. The summed E-state index contributed by atoms with van der Waals surface area (Å²) in [6.07, 6.45) is 0. The molecule has 1 aliphatic rings. The molecule has 18 heavy (non-hydrogen) atoms. The molecule has 1 atom stereocenters. The van der Waals surface area contributed by atoms with E-state index < -0.39 is 6.04 Å². The fourth-order valence-corrected chi connectivity index (χ4v) is 2.72. The van der Waals surface area contributed by atoms with Crippen molar-refractivity contribution in [3.05, 3.63) is 22.4 Å². The van der Waals surface area contributed by atoms with Crippen LogP contribution in [0.2, 0.25) is 0 Å². The number of amides is 2. The Morgan fingerprint density at radius 3 is 2.94 bits per heavy atom. The number of hydrogen-bond donors (Lipinski definition) is 2. The second-order valence-corrected chi connectivity index (χ2v) is 5.73. The molecule has 0 saturated carbocycles. The second-order valence-electron chi connectivity index (χ2n) is 3.70. The molecule has 1 aliphatic heterocycles. The van der Waals surface area contributed by atoms with Crippen LogP contribution in [0.5, 0.6) is 0 Å². The van der Waals surface area contributed by atoms with Crippen LogP contribution in [0.4, 0.5) is 0 Å². The third-order valence-corrected chi connectivity index (χ3v) is 4.06. The Bertz CT molecular complexity index is 471. The van der Waals surface area contributed by atoms with E-state index in [1.165, 1.54) is 23.1 Å². The van der Waals surface area contributed by atoms with E-state index in [9.17, 15) is 9.59 Å². The number of rotatable bonds is 3. The number of carbonyl (C=O) groups excluding carboxylic acids is 2. The van der Waals surface area contributed by atoms with Crippen LogP contribution in [0.3, 0.4) is 0 Å². The van der Waals surface area contributed by atoms with Crippen LogP contribution in [0, 0.1) is 0 Å². The van der Waals surface area contributed by atoms with Crippen molar-refractivity contribution in [3.8, 4) is 0 Å². The number of aliphatic imine (C=N–C) groups is 1. The average Bonchev–Trinajstić information content (AvgIpc) is 3.01. The van der Waals surface area contributed by atoms with E-state index in [4.69, 9.17) is 0 Å². The minimum absolute atomic E-state index is 0.228. The van der Waals surface area contributed by atoms with Gasteiger partial charge in [-0.25, -0.2) is 0 Å². The van der Waals surface area contributed by atoms with Crippen LogP contribution in [-0.4, -0.2) is 35.3 Å². The minimum Gasteiger partial charge on any atom is -0.340 e. The third kappa shape index (κ3) is 3.33. The van der Waals surface area contributed by atoms with Gasteiger partial charge in [0.25, 0.3) is 5.91 Å². The summed E-state index contributed by atoms with van der Waals surface area (Å²) >= 11 is 2.86. The lowest BCUT2D eigenvalue weighted by molar-refractivity contribution is -0.121. The molecule has 0 aromatic carbocycles. The molecule has 1 aromatic rings. The highest BCUT2D eigenvalue weighted by Crippen LogP contribution is 2.10. The molecule has 2 amide bonds. The highest BCUT2D eigenvalue weighted by atomic mass is 32.2. The molecule has 0 fully saturated rings. The largest absolute Gasteiger partial charge is 0.340 e. The first-order chi connectivity index (χ1) is 8.66. The van der Waals surface area contributed by atoms with Gasteiger partial charge in [0.2, 0.25) is 5.91 Å². The maximum atomic E-state index is 11.8. The van der Waals surface area contributed by atoms with E-state index in [2.05, 4.69) is 15.6 Å². The van der Waals surface area contributed by atoms with Crippen LogP contribution in [0.1, 0.15) is 16.6 Å². The highest BCUT2D eigenvalue weighted by Gasteiger charge is 2.19. The van der Waals surface area contributed by atoms with Gasteiger partial charge in [-0.05, 0) is 18.4 Å². The zero-order valence-electron chi connectivity index (χ0n) is 9.80. The van der Waals surface area contributed by atoms with Gasteiger partial charge in [-0.3, -0.25) is 14.6 Å². The predicted molar refractivity (Wildman–Crippen MR) is 74.1 cm³/mol. The van der Waals surface area contributed by atoms with E-state index in [1.807, 2.05) is 5.38 Å². The van der Waals surface area contributed by atoms with Gasteiger partial charge in [-0.2, -0.15) is 0 Å². The van der Waals surface area contributed by atoms with Crippen LogP contribution in [-0.2, 0) is 4.79 Å². The fourth-order valence-electron chi connectivity index (χ4n) is 1.37. The van der Waals surface area contributed by atoms with Gasteiger partial charge in [0.1, 0.15) is 6.04 Å². The third-order valence-electron chi connectivity index (χ3n) is 2.30. The maximum absolute atomic E-state index is 11.8. The van der Waals surface area contributed by atoms with Gasteiger partial charge >= 0.3 is 0 Å². The van der Waals surface area contributed by atoms with Crippen molar-refractivity contribution in [1.82, 2.24) is 10.6 Å². The zero-order valence-corrected chi connectivity index (χ0v) is 11.4. The lowest BCUT2D eigenvalue weighted by Gasteiger charge is -2.12. The summed E-state index contributed by atoms with van der Waals surface area (Å²) in [6.45, 7) is 2.39. The number of nitrogens with zero attached hydrogens (tertiary/aromatic N) is 1. The van der Waals surface area contributed by atoms with Gasteiger partial charge < -0.3 is 10.6 Å². The number of hydrogen-bond acceptors (Lipinski definition) is 5. The quantitative estimate of drug-likeness (QED) is 0.872. The summed E-state index contributed by atoms with van der Waals surface area (Å²) in [6, 6.07) is 2.94. The topological polar surface area (TPSA) is 70.6 Å². The number of thioether (sulfide) groups is 1. The van der Waals surface area contributed by atoms with Gasteiger partial charge in [0.15, 0.2) is 5.17 Å². The Labute approximate surface area is 113 Å². The van der Waals surface area contributed by atoms with E-state index in [-0.39, 0.29) is 11.8 Å². The molecule has 2 N–H and O–H groups in total. The van der Waals surface area contributed by atoms with Crippen molar-refractivity contribution >= 4 is 40.1 Å². The summed E-state index contributed by atoms with van der Waals surface area (Å²) in [5.41, 5.74) is 0. The smallest absolute Gasteiger partial charge is 0.261 e. The van der Waals surface area contributed by atoms with Gasteiger partial charge in [0, 0.05) is 5.75 Å². The normalized spacial score (nSPS) is 15.9. The van der Waals surface area contributed by atoms with Crippen LogP contribution in [0.15, 0.2) is 22.5 Å². The van der Waals surface area contributed by atoms with Crippen LogP contribution >= 0.6 is 23.1 Å². The summed E-state index contributed by atoms with van der Waals surface area (Å²) in [5.74, 6) is 0.424. The monoisotopic (exact) mass is 283 g/mol. The van der Waals surface area contributed by atoms with Gasteiger partial charge in [-0.15, -0.1) is 11.3 Å². The molecule has 1 aromatic heterocycles. The molecule has 0 unspecified atom stereocenters. The number of amidine groups is 1. The number of carbonyl (C=O) groups is 2. The average molecular weight is 283 g/mol. The van der Waals surface area contributed by atoms with Crippen molar-refractivity contribution in [2.24, 2.45) is 4.99 Å². The van der Waals surface area contributed by atoms with Crippen molar-refractivity contribution < 1.29 is 9.59 Å². The van der Waals surface area contributed by atoms with Gasteiger partial charge in [-0.1, -0.05) is 17.8 Å². The molecule has 96 valence electrons. The standard InChI is InChI=1S/C11H13N3O2S2/c1-7(9(15)14-11-12-4-6-18-11)13-10(16)8-3-2-5-17-8/h2-3,5,7H,4,6H2,1H3,(H,13,16)(H,12,14,15)/t7-/m1/s1. The Balaban J connectivity index is 1.85. The van der Waals surface area contributed by atoms with Crippen LogP contribution in [0.25, 0.3) is 0 Å². The molecule has 7 heteroatoms. The number of thiophene rings is 1. The molecule has 2 heterocycles. The van der Waals surface area contributed by atoms with Crippen molar-refractivity contribution in [2.75, 3.05) is 12.3 Å². The molecule has 0 aliphatic carbocycles. The van der Waals surface area contributed by atoms with E-state index >= 15 is 0 Å². The summed E-state index contributed by atoms with van der Waals surface area (Å²) in [5, 5.41) is 7.80. The first-order valence-electron chi connectivity index (χ1n) is 5.49. The lowest BCUT2D eigenvalue weighted by atomic mass is 10.3. The second kappa shape index (κ2) is 6.01. The van der Waals surface area contributed by atoms with Crippen molar-refractivity contribution in [3.63, 3.8) is 0 Å². The Morgan fingerprint density at radius 2 is 2.33 bits per heavy atom.